The Morgan fingerprint density at radius 2 is 2.00 bits per heavy atom. The lowest BCUT2D eigenvalue weighted by Crippen LogP contribution is -2.43. The third kappa shape index (κ3) is 3.82. The van der Waals surface area contributed by atoms with E-state index in [9.17, 15) is 9.18 Å². The van der Waals surface area contributed by atoms with Crippen molar-refractivity contribution in [1.29, 1.82) is 0 Å². The third-order valence-corrected chi connectivity index (χ3v) is 7.85. The number of hydrogen-bond acceptors (Lipinski definition) is 5. The number of piperidine rings is 1. The summed E-state index contributed by atoms with van der Waals surface area (Å²) in [4.78, 5) is 15.2. The minimum absolute atomic E-state index is 0.0850. The van der Waals surface area contributed by atoms with Gasteiger partial charge in [-0.15, -0.1) is 0 Å². The number of hydrogen-bond donors (Lipinski definition) is 1. The van der Waals surface area contributed by atoms with Gasteiger partial charge in [-0.2, -0.15) is 0 Å². The van der Waals surface area contributed by atoms with Crippen LogP contribution in [0, 0.1) is 17.8 Å². The molecule has 4 aliphatic rings. The van der Waals surface area contributed by atoms with E-state index in [1.807, 2.05) is 0 Å². The van der Waals surface area contributed by atoms with Crippen LogP contribution in [0.15, 0.2) is 6.07 Å². The predicted molar refractivity (Wildman–Crippen MR) is 114 cm³/mol. The fourth-order valence-electron chi connectivity index (χ4n) is 5.76. The zero-order valence-corrected chi connectivity index (χ0v) is 18.1. The second kappa shape index (κ2) is 7.95. The SMILES string of the molecule is Nc1c(Cl)cc(C(=O)CCC2C3CN(CC4(F)CCOCC4)CC23)c2c1CCCO2. The number of fused-ring (bicyclic) bond motifs is 2. The summed E-state index contributed by atoms with van der Waals surface area (Å²) in [6.45, 7) is 4.13. The molecular weight excluding hydrogens is 407 g/mol. The molecule has 0 amide bonds. The molecule has 0 aromatic heterocycles. The molecule has 2 N–H and O–H groups in total. The molecule has 5 rings (SSSR count). The Morgan fingerprint density at radius 3 is 2.73 bits per heavy atom. The van der Waals surface area contributed by atoms with Crippen molar-refractivity contribution in [3.8, 4) is 5.75 Å². The first-order valence-electron chi connectivity index (χ1n) is 11.2. The molecule has 2 unspecified atom stereocenters. The van der Waals surface area contributed by atoms with Gasteiger partial charge in [-0.25, -0.2) is 4.39 Å². The number of carbonyl (C=O) groups excluding carboxylic acids is 1. The van der Waals surface area contributed by atoms with Crippen LogP contribution in [-0.2, 0) is 11.2 Å². The van der Waals surface area contributed by atoms with Crippen LogP contribution in [0.5, 0.6) is 5.75 Å². The first-order chi connectivity index (χ1) is 14.5. The van der Waals surface area contributed by atoms with Crippen molar-refractivity contribution < 1.29 is 18.7 Å². The highest BCUT2D eigenvalue weighted by atomic mass is 35.5. The second-order valence-electron chi connectivity index (χ2n) is 9.49. The third-order valence-electron chi connectivity index (χ3n) is 7.54. The molecule has 1 aromatic rings. The molecule has 2 atom stereocenters. The van der Waals surface area contributed by atoms with E-state index in [1.54, 1.807) is 6.07 Å². The molecule has 0 bridgehead atoms. The average molecular weight is 437 g/mol. The van der Waals surface area contributed by atoms with Crippen molar-refractivity contribution in [1.82, 2.24) is 4.90 Å². The van der Waals surface area contributed by atoms with Gasteiger partial charge in [0.05, 0.1) is 22.9 Å². The summed E-state index contributed by atoms with van der Waals surface area (Å²) in [6.07, 6.45) is 4.08. The Morgan fingerprint density at radius 1 is 1.27 bits per heavy atom. The second-order valence-corrected chi connectivity index (χ2v) is 9.90. The van der Waals surface area contributed by atoms with Crippen molar-refractivity contribution in [3.05, 3.63) is 22.2 Å². The van der Waals surface area contributed by atoms with E-state index in [-0.39, 0.29) is 5.78 Å². The van der Waals surface area contributed by atoms with Crippen LogP contribution in [0.25, 0.3) is 0 Å². The van der Waals surface area contributed by atoms with Gasteiger partial charge in [0.15, 0.2) is 5.78 Å². The van der Waals surface area contributed by atoms with E-state index in [0.29, 0.717) is 85.4 Å². The van der Waals surface area contributed by atoms with Gasteiger partial charge < -0.3 is 15.2 Å². The highest BCUT2D eigenvalue weighted by Crippen LogP contribution is 2.54. The minimum atomic E-state index is -1.09. The summed E-state index contributed by atoms with van der Waals surface area (Å²) in [7, 11) is 0. The normalized spacial score (nSPS) is 29.7. The van der Waals surface area contributed by atoms with Gasteiger partial charge in [0.25, 0.3) is 0 Å². The molecule has 7 heteroatoms. The van der Waals surface area contributed by atoms with Crippen LogP contribution in [0.3, 0.4) is 0 Å². The molecule has 1 aliphatic carbocycles. The van der Waals surface area contributed by atoms with Crippen LogP contribution in [-0.4, -0.2) is 55.8 Å². The van der Waals surface area contributed by atoms with Crippen molar-refractivity contribution >= 4 is 23.1 Å². The molecule has 3 fully saturated rings. The number of nitrogens with two attached hydrogens (primary N) is 1. The summed E-state index contributed by atoms with van der Waals surface area (Å²) in [6, 6.07) is 1.67. The summed E-state index contributed by atoms with van der Waals surface area (Å²) < 4.78 is 26.0. The first-order valence-corrected chi connectivity index (χ1v) is 11.6. The highest BCUT2D eigenvalue weighted by molar-refractivity contribution is 6.33. The number of likely N-dealkylation sites (tertiary alicyclic amines) is 1. The van der Waals surface area contributed by atoms with Crippen molar-refractivity contribution in [2.75, 3.05) is 45.2 Å². The van der Waals surface area contributed by atoms with Crippen molar-refractivity contribution in [3.63, 3.8) is 0 Å². The maximum atomic E-state index is 14.9. The van der Waals surface area contributed by atoms with E-state index in [4.69, 9.17) is 26.8 Å². The molecule has 3 heterocycles. The molecule has 1 saturated carbocycles. The Bertz CT molecular complexity index is 830. The Labute approximate surface area is 182 Å². The first kappa shape index (κ1) is 20.5. The number of benzene rings is 1. The van der Waals surface area contributed by atoms with Crippen molar-refractivity contribution in [2.24, 2.45) is 17.8 Å². The Hall–Kier alpha value is -1.37. The standard InChI is InChI=1S/C23H30ClFN2O3/c24-19-10-16(22-15(21(19)26)2-1-7-30-22)20(28)4-3-14-17-11-27(12-18(14)17)13-23(25)5-8-29-9-6-23/h10,14,17-18H,1-9,11-13,26H2. The molecular formula is C23H30ClFN2O3. The maximum absolute atomic E-state index is 14.9. The molecule has 164 valence electrons. The van der Waals surface area contributed by atoms with Gasteiger partial charge in [0, 0.05) is 57.7 Å². The molecule has 2 saturated heterocycles. The topological polar surface area (TPSA) is 64.8 Å². The Kier molecular flexibility index (Phi) is 5.44. The van der Waals surface area contributed by atoms with Gasteiger partial charge in [-0.3, -0.25) is 9.69 Å². The summed E-state index contributed by atoms with van der Waals surface area (Å²) >= 11 is 6.28. The number of Topliss-reactive ketones (excluding diaryl/α,β-unsaturated/α-hetero) is 1. The predicted octanol–water partition coefficient (Wildman–Crippen LogP) is 3.91. The van der Waals surface area contributed by atoms with Crippen LogP contribution < -0.4 is 10.5 Å². The minimum Gasteiger partial charge on any atom is -0.492 e. The monoisotopic (exact) mass is 436 g/mol. The van der Waals surface area contributed by atoms with E-state index >= 15 is 0 Å². The van der Waals surface area contributed by atoms with E-state index < -0.39 is 5.67 Å². The van der Waals surface area contributed by atoms with E-state index in [0.717, 1.165) is 37.9 Å². The number of alkyl halides is 1. The van der Waals surface area contributed by atoms with Gasteiger partial charge in [0.1, 0.15) is 11.4 Å². The number of ketones is 1. The van der Waals surface area contributed by atoms with Crippen LogP contribution >= 0.6 is 11.6 Å². The van der Waals surface area contributed by atoms with Gasteiger partial charge in [-0.1, -0.05) is 11.6 Å². The zero-order valence-electron chi connectivity index (χ0n) is 17.3. The smallest absolute Gasteiger partial charge is 0.166 e. The van der Waals surface area contributed by atoms with Crippen LogP contribution in [0.2, 0.25) is 5.02 Å². The lowest BCUT2D eigenvalue weighted by molar-refractivity contribution is -0.0259. The Balaban J connectivity index is 1.15. The number of carbonyl (C=O) groups is 1. The molecule has 5 nitrogen and oxygen atoms in total. The molecule has 0 spiro atoms. The van der Waals surface area contributed by atoms with Crippen LogP contribution in [0.4, 0.5) is 10.1 Å². The van der Waals surface area contributed by atoms with E-state index in [1.165, 1.54) is 0 Å². The van der Waals surface area contributed by atoms with Gasteiger partial charge >= 0.3 is 0 Å². The highest BCUT2D eigenvalue weighted by Gasteiger charge is 2.55. The molecule has 1 aromatic carbocycles. The fourth-order valence-corrected chi connectivity index (χ4v) is 5.99. The average Bonchev–Trinajstić information content (AvgIpc) is 3.20. The molecule has 3 aliphatic heterocycles. The zero-order chi connectivity index (χ0) is 20.9. The van der Waals surface area contributed by atoms with Crippen molar-refractivity contribution in [2.45, 2.75) is 44.2 Å². The number of nitrogen functional groups attached to an aromatic ring is 1. The quantitative estimate of drug-likeness (QED) is 0.541. The number of anilines is 1. The lowest BCUT2D eigenvalue weighted by Gasteiger charge is -2.34. The fraction of sp³-hybridized carbons (Fsp3) is 0.696. The number of halogens is 2. The number of ether oxygens (including phenoxy) is 2. The number of rotatable bonds is 6. The largest absolute Gasteiger partial charge is 0.492 e. The lowest BCUT2D eigenvalue weighted by atomic mass is 9.95. The maximum Gasteiger partial charge on any atom is 0.166 e. The summed E-state index contributed by atoms with van der Waals surface area (Å²) in [5.41, 5.74) is 7.00. The molecule has 30 heavy (non-hydrogen) atoms. The van der Waals surface area contributed by atoms with Gasteiger partial charge in [0.2, 0.25) is 0 Å². The van der Waals surface area contributed by atoms with E-state index in [2.05, 4.69) is 4.90 Å². The molecule has 0 radical (unpaired) electrons. The summed E-state index contributed by atoms with van der Waals surface area (Å²) in [5.74, 6) is 2.53. The van der Waals surface area contributed by atoms with Crippen LogP contribution in [0.1, 0.15) is 48.0 Å². The van der Waals surface area contributed by atoms with Gasteiger partial charge in [-0.05, 0) is 43.1 Å². The summed E-state index contributed by atoms with van der Waals surface area (Å²) in [5, 5.41) is 0.440. The number of nitrogens with zero attached hydrogens (tertiary/aromatic N) is 1.